The third kappa shape index (κ3) is 3.52. The normalized spacial score (nSPS) is 19.4. The van der Waals surface area contributed by atoms with E-state index in [1.807, 2.05) is 12.3 Å². The molecule has 1 fully saturated rings. The van der Waals surface area contributed by atoms with Gasteiger partial charge in [-0.25, -0.2) is 0 Å². The maximum absolute atomic E-state index is 8.72. The molecule has 90 valence electrons. The first-order valence-corrected chi connectivity index (χ1v) is 6.11. The highest BCUT2D eigenvalue weighted by atomic mass is 15.2. The van der Waals surface area contributed by atoms with Crippen LogP contribution in [-0.2, 0) is 6.54 Å². The van der Waals surface area contributed by atoms with Crippen LogP contribution in [0, 0.1) is 11.3 Å². The summed E-state index contributed by atoms with van der Waals surface area (Å²) in [5, 5.41) is 12.1. The predicted molar refractivity (Wildman–Crippen MR) is 66.2 cm³/mol. The van der Waals surface area contributed by atoms with E-state index in [1.54, 1.807) is 6.20 Å². The van der Waals surface area contributed by atoms with E-state index in [0.717, 1.165) is 26.2 Å². The Morgan fingerprint density at radius 3 is 3.18 bits per heavy atom. The highest BCUT2D eigenvalue weighted by Crippen LogP contribution is 2.13. The molecular formula is C13H18N4. The van der Waals surface area contributed by atoms with Gasteiger partial charge in [-0.2, -0.15) is 5.26 Å². The Kier molecular flexibility index (Phi) is 4.48. The molecule has 1 aromatic heterocycles. The lowest BCUT2D eigenvalue weighted by Gasteiger charge is -2.27. The van der Waals surface area contributed by atoms with Crippen LogP contribution in [0.5, 0.6) is 0 Å². The summed E-state index contributed by atoms with van der Waals surface area (Å²) in [5.74, 6) is 0. The molecule has 0 aromatic carbocycles. The van der Waals surface area contributed by atoms with Crippen molar-refractivity contribution in [1.82, 2.24) is 15.2 Å². The number of hydrogen-bond donors (Lipinski definition) is 1. The number of hydrogen-bond acceptors (Lipinski definition) is 4. The van der Waals surface area contributed by atoms with E-state index in [-0.39, 0.29) is 0 Å². The molecule has 2 heterocycles. The molecule has 4 nitrogen and oxygen atoms in total. The SMILES string of the molecule is N#CCCN(Cc1cccnc1)C1CCNC1. The van der Waals surface area contributed by atoms with Crippen molar-refractivity contribution in [3.8, 4) is 6.07 Å². The molecule has 1 unspecified atom stereocenters. The fourth-order valence-electron chi connectivity index (χ4n) is 2.26. The molecule has 1 aliphatic heterocycles. The van der Waals surface area contributed by atoms with E-state index >= 15 is 0 Å². The standard InChI is InChI=1S/C13H18N4/c14-5-2-8-17(13-4-7-16-10-13)11-12-3-1-6-15-9-12/h1,3,6,9,13,16H,2,4,7-8,10-11H2. The van der Waals surface area contributed by atoms with Gasteiger partial charge in [0, 0.05) is 44.5 Å². The van der Waals surface area contributed by atoms with Gasteiger partial charge in [-0.3, -0.25) is 9.88 Å². The molecule has 17 heavy (non-hydrogen) atoms. The van der Waals surface area contributed by atoms with Crippen LogP contribution in [0.2, 0.25) is 0 Å². The summed E-state index contributed by atoms with van der Waals surface area (Å²) in [5.41, 5.74) is 1.22. The van der Waals surface area contributed by atoms with Crippen LogP contribution in [0.25, 0.3) is 0 Å². The molecular weight excluding hydrogens is 212 g/mol. The second-order valence-corrected chi connectivity index (χ2v) is 4.39. The summed E-state index contributed by atoms with van der Waals surface area (Å²) in [7, 11) is 0. The smallest absolute Gasteiger partial charge is 0.0635 e. The Bertz CT molecular complexity index is 365. The van der Waals surface area contributed by atoms with Crippen molar-refractivity contribution >= 4 is 0 Å². The Morgan fingerprint density at radius 2 is 2.53 bits per heavy atom. The Hall–Kier alpha value is -1.44. The summed E-state index contributed by atoms with van der Waals surface area (Å²) in [6.45, 7) is 3.85. The highest BCUT2D eigenvalue weighted by Gasteiger charge is 2.21. The second kappa shape index (κ2) is 6.33. The van der Waals surface area contributed by atoms with Gasteiger partial charge < -0.3 is 5.32 Å². The number of nitriles is 1. The largest absolute Gasteiger partial charge is 0.315 e. The van der Waals surface area contributed by atoms with Crippen LogP contribution in [0.4, 0.5) is 0 Å². The first-order chi connectivity index (χ1) is 8.40. The van der Waals surface area contributed by atoms with Crippen LogP contribution in [-0.4, -0.2) is 35.6 Å². The molecule has 1 saturated heterocycles. The van der Waals surface area contributed by atoms with Crippen molar-refractivity contribution in [1.29, 1.82) is 5.26 Å². The monoisotopic (exact) mass is 230 g/mol. The number of pyridine rings is 1. The molecule has 0 spiro atoms. The van der Waals surface area contributed by atoms with Crippen molar-refractivity contribution in [2.24, 2.45) is 0 Å². The van der Waals surface area contributed by atoms with Crippen LogP contribution in [0.1, 0.15) is 18.4 Å². The molecule has 1 N–H and O–H groups in total. The Labute approximate surface area is 102 Å². The van der Waals surface area contributed by atoms with E-state index in [9.17, 15) is 0 Å². The average Bonchev–Trinajstić information content (AvgIpc) is 2.89. The van der Waals surface area contributed by atoms with Gasteiger partial charge in [0.25, 0.3) is 0 Å². The van der Waals surface area contributed by atoms with Gasteiger partial charge in [0.15, 0.2) is 0 Å². The van der Waals surface area contributed by atoms with Gasteiger partial charge >= 0.3 is 0 Å². The minimum atomic E-state index is 0.559. The molecule has 0 bridgehead atoms. The quantitative estimate of drug-likeness (QED) is 0.824. The van der Waals surface area contributed by atoms with E-state index in [1.165, 1.54) is 12.0 Å². The molecule has 0 saturated carbocycles. The molecule has 0 amide bonds. The van der Waals surface area contributed by atoms with Gasteiger partial charge in [-0.15, -0.1) is 0 Å². The van der Waals surface area contributed by atoms with Crippen molar-refractivity contribution in [2.45, 2.75) is 25.4 Å². The molecule has 4 heteroatoms. The summed E-state index contributed by atoms with van der Waals surface area (Å²) < 4.78 is 0. The van der Waals surface area contributed by atoms with E-state index in [4.69, 9.17) is 5.26 Å². The van der Waals surface area contributed by atoms with Crippen molar-refractivity contribution in [2.75, 3.05) is 19.6 Å². The summed E-state index contributed by atoms with van der Waals surface area (Å²) in [6, 6.07) is 6.84. The van der Waals surface area contributed by atoms with Crippen molar-refractivity contribution in [3.05, 3.63) is 30.1 Å². The van der Waals surface area contributed by atoms with Gasteiger partial charge in [-0.05, 0) is 24.6 Å². The maximum Gasteiger partial charge on any atom is 0.0635 e. The number of aromatic nitrogens is 1. The summed E-state index contributed by atoms with van der Waals surface area (Å²) in [6.07, 6.45) is 5.46. The van der Waals surface area contributed by atoms with Gasteiger partial charge in [0.05, 0.1) is 6.07 Å². The third-order valence-corrected chi connectivity index (χ3v) is 3.17. The Morgan fingerprint density at radius 1 is 1.59 bits per heavy atom. The first kappa shape index (κ1) is 12.0. The molecule has 2 rings (SSSR count). The lowest BCUT2D eigenvalue weighted by atomic mass is 10.1. The molecule has 1 aromatic rings. The lowest BCUT2D eigenvalue weighted by molar-refractivity contribution is 0.203. The minimum absolute atomic E-state index is 0.559. The fourth-order valence-corrected chi connectivity index (χ4v) is 2.26. The Balaban J connectivity index is 1.97. The maximum atomic E-state index is 8.72. The molecule has 1 aliphatic rings. The zero-order chi connectivity index (χ0) is 11.9. The van der Waals surface area contributed by atoms with Crippen LogP contribution < -0.4 is 5.32 Å². The molecule has 1 atom stereocenters. The molecule has 0 radical (unpaired) electrons. The number of nitrogens with one attached hydrogen (secondary N) is 1. The van der Waals surface area contributed by atoms with E-state index in [2.05, 4.69) is 27.3 Å². The predicted octanol–water partition coefficient (Wildman–Crippen LogP) is 1.16. The van der Waals surface area contributed by atoms with E-state index < -0.39 is 0 Å². The lowest BCUT2D eigenvalue weighted by Crippen LogP contribution is -2.37. The van der Waals surface area contributed by atoms with Crippen LogP contribution >= 0.6 is 0 Å². The zero-order valence-electron chi connectivity index (χ0n) is 9.97. The van der Waals surface area contributed by atoms with Gasteiger partial charge in [-0.1, -0.05) is 6.07 Å². The topological polar surface area (TPSA) is 52.0 Å². The third-order valence-electron chi connectivity index (χ3n) is 3.17. The number of rotatable bonds is 5. The average molecular weight is 230 g/mol. The fraction of sp³-hybridized carbons (Fsp3) is 0.538. The minimum Gasteiger partial charge on any atom is -0.315 e. The van der Waals surface area contributed by atoms with Crippen molar-refractivity contribution in [3.63, 3.8) is 0 Å². The van der Waals surface area contributed by atoms with Crippen LogP contribution in [0.3, 0.4) is 0 Å². The summed E-state index contributed by atoms with van der Waals surface area (Å²) >= 11 is 0. The number of nitrogens with zero attached hydrogens (tertiary/aromatic N) is 3. The first-order valence-electron chi connectivity index (χ1n) is 6.11. The second-order valence-electron chi connectivity index (χ2n) is 4.39. The van der Waals surface area contributed by atoms with E-state index in [0.29, 0.717) is 12.5 Å². The van der Waals surface area contributed by atoms with Gasteiger partial charge in [0.1, 0.15) is 0 Å². The molecule has 0 aliphatic carbocycles. The van der Waals surface area contributed by atoms with Crippen molar-refractivity contribution < 1.29 is 0 Å². The van der Waals surface area contributed by atoms with Gasteiger partial charge in [0.2, 0.25) is 0 Å². The highest BCUT2D eigenvalue weighted by molar-refractivity contribution is 5.08. The summed E-state index contributed by atoms with van der Waals surface area (Å²) in [4.78, 5) is 6.53. The van der Waals surface area contributed by atoms with Crippen LogP contribution in [0.15, 0.2) is 24.5 Å². The zero-order valence-corrected chi connectivity index (χ0v) is 9.97.